The lowest BCUT2D eigenvalue weighted by molar-refractivity contribution is 0.102. The average Bonchev–Trinajstić information content (AvgIpc) is 2.98. The molecule has 1 fully saturated rings. The highest BCUT2D eigenvalue weighted by Crippen LogP contribution is 2.26. The second kappa shape index (κ2) is 10.7. The maximum absolute atomic E-state index is 12.4. The standard InChI is InChI=1S/C30H27N7O/c38-30(24-9-12-31-13-10-24)34-26-6-3-23(4-7-26)25-5-8-27-28(18-25)35-29(20-33-27)37-16-14-36(15-17-37)21-22-2-1-11-32-19-22/h1-13,18-20H,14-17,21H2,(H,34,38). The first kappa shape index (κ1) is 23.7. The van der Waals surface area contributed by atoms with E-state index in [-0.39, 0.29) is 5.91 Å². The number of carbonyl (C=O) groups excluding carboxylic acids is 1. The van der Waals surface area contributed by atoms with Gasteiger partial charge in [0.15, 0.2) is 0 Å². The van der Waals surface area contributed by atoms with Gasteiger partial charge in [-0.25, -0.2) is 4.98 Å². The summed E-state index contributed by atoms with van der Waals surface area (Å²) in [5, 5.41) is 2.93. The van der Waals surface area contributed by atoms with Crippen LogP contribution in [0.3, 0.4) is 0 Å². The summed E-state index contributed by atoms with van der Waals surface area (Å²) in [6, 6.07) is 21.5. The summed E-state index contributed by atoms with van der Waals surface area (Å²) < 4.78 is 0. The lowest BCUT2D eigenvalue weighted by Crippen LogP contribution is -2.46. The van der Waals surface area contributed by atoms with Crippen LogP contribution in [0.4, 0.5) is 11.5 Å². The molecule has 2 aromatic carbocycles. The number of hydrogen-bond acceptors (Lipinski definition) is 7. The lowest BCUT2D eigenvalue weighted by atomic mass is 10.0. The van der Waals surface area contributed by atoms with Crippen molar-refractivity contribution in [2.75, 3.05) is 36.4 Å². The van der Waals surface area contributed by atoms with Crippen LogP contribution in [0.15, 0.2) is 97.7 Å². The smallest absolute Gasteiger partial charge is 0.255 e. The molecule has 38 heavy (non-hydrogen) atoms. The molecule has 0 aliphatic carbocycles. The van der Waals surface area contributed by atoms with E-state index in [9.17, 15) is 4.79 Å². The number of fused-ring (bicyclic) bond motifs is 1. The summed E-state index contributed by atoms with van der Waals surface area (Å²) in [5.41, 5.74) is 6.39. The molecule has 1 N–H and O–H groups in total. The predicted octanol–water partition coefficient (Wildman–Crippen LogP) is 4.66. The molecule has 0 radical (unpaired) electrons. The Balaban J connectivity index is 1.13. The first-order valence-electron chi connectivity index (χ1n) is 12.7. The summed E-state index contributed by atoms with van der Waals surface area (Å²) in [5.74, 6) is 0.747. The van der Waals surface area contributed by atoms with E-state index in [1.54, 1.807) is 24.5 Å². The minimum Gasteiger partial charge on any atom is -0.353 e. The van der Waals surface area contributed by atoms with Gasteiger partial charge in [-0.1, -0.05) is 24.3 Å². The highest BCUT2D eigenvalue weighted by atomic mass is 16.1. The molecule has 1 aliphatic heterocycles. The van der Waals surface area contributed by atoms with Gasteiger partial charge in [-0.05, 0) is 59.2 Å². The van der Waals surface area contributed by atoms with Crippen molar-refractivity contribution in [2.45, 2.75) is 6.54 Å². The zero-order chi connectivity index (χ0) is 25.7. The van der Waals surface area contributed by atoms with Crippen molar-refractivity contribution in [1.82, 2.24) is 24.8 Å². The summed E-state index contributed by atoms with van der Waals surface area (Å²) >= 11 is 0. The van der Waals surface area contributed by atoms with E-state index < -0.39 is 0 Å². The fourth-order valence-corrected chi connectivity index (χ4v) is 4.67. The van der Waals surface area contributed by atoms with Crippen molar-refractivity contribution in [3.05, 3.63) is 109 Å². The third-order valence-corrected chi connectivity index (χ3v) is 6.77. The van der Waals surface area contributed by atoms with Crippen molar-refractivity contribution >= 4 is 28.4 Å². The van der Waals surface area contributed by atoms with E-state index in [1.165, 1.54) is 5.56 Å². The molecule has 6 rings (SSSR count). The first-order chi connectivity index (χ1) is 18.7. The Labute approximate surface area is 221 Å². The van der Waals surface area contributed by atoms with Gasteiger partial charge in [-0.3, -0.25) is 24.6 Å². The normalized spacial score (nSPS) is 13.9. The zero-order valence-electron chi connectivity index (χ0n) is 20.9. The van der Waals surface area contributed by atoms with E-state index in [1.807, 2.05) is 55.0 Å². The van der Waals surface area contributed by atoms with Gasteiger partial charge in [0, 0.05) is 68.8 Å². The largest absolute Gasteiger partial charge is 0.353 e. The second-order valence-electron chi connectivity index (χ2n) is 9.32. The molecule has 0 bridgehead atoms. The fraction of sp³-hybridized carbons (Fsp3) is 0.167. The Morgan fingerprint density at radius 2 is 1.58 bits per heavy atom. The molecule has 4 heterocycles. The van der Waals surface area contributed by atoms with Gasteiger partial charge in [-0.15, -0.1) is 0 Å². The Morgan fingerprint density at radius 1 is 0.789 bits per heavy atom. The van der Waals surface area contributed by atoms with Gasteiger partial charge in [0.2, 0.25) is 0 Å². The van der Waals surface area contributed by atoms with Gasteiger partial charge < -0.3 is 10.2 Å². The van der Waals surface area contributed by atoms with Gasteiger partial charge >= 0.3 is 0 Å². The molecule has 0 spiro atoms. The maximum atomic E-state index is 12.4. The molecule has 1 amide bonds. The minimum absolute atomic E-state index is 0.161. The van der Waals surface area contributed by atoms with Crippen molar-refractivity contribution < 1.29 is 4.79 Å². The summed E-state index contributed by atoms with van der Waals surface area (Å²) in [7, 11) is 0. The van der Waals surface area contributed by atoms with Crippen LogP contribution in [0.5, 0.6) is 0 Å². The molecule has 8 nitrogen and oxygen atoms in total. The number of amides is 1. The van der Waals surface area contributed by atoms with Crippen molar-refractivity contribution in [1.29, 1.82) is 0 Å². The molecule has 0 unspecified atom stereocenters. The molecule has 0 atom stereocenters. The summed E-state index contributed by atoms with van der Waals surface area (Å²) in [6.45, 7) is 4.68. The number of piperazine rings is 1. The number of benzene rings is 2. The highest BCUT2D eigenvalue weighted by molar-refractivity contribution is 6.04. The molecule has 1 saturated heterocycles. The molecule has 188 valence electrons. The highest BCUT2D eigenvalue weighted by Gasteiger charge is 2.19. The Morgan fingerprint density at radius 3 is 2.34 bits per heavy atom. The van der Waals surface area contributed by atoms with E-state index in [4.69, 9.17) is 4.98 Å². The third-order valence-electron chi connectivity index (χ3n) is 6.77. The number of rotatable bonds is 6. The van der Waals surface area contributed by atoms with Crippen LogP contribution in [-0.4, -0.2) is 56.9 Å². The monoisotopic (exact) mass is 501 g/mol. The van der Waals surface area contributed by atoms with Gasteiger partial charge in [0.1, 0.15) is 5.82 Å². The van der Waals surface area contributed by atoms with Crippen LogP contribution < -0.4 is 10.2 Å². The molecular formula is C30H27N7O. The maximum Gasteiger partial charge on any atom is 0.255 e. The van der Waals surface area contributed by atoms with Crippen LogP contribution in [0.2, 0.25) is 0 Å². The predicted molar refractivity (Wildman–Crippen MR) is 149 cm³/mol. The van der Waals surface area contributed by atoms with Gasteiger partial charge in [0.05, 0.1) is 17.2 Å². The summed E-state index contributed by atoms with van der Waals surface area (Å²) in [4.78, 5) is 35.0. The van der Waals surface area contributed by atoms with Gasteiger partial charge in [-0.2, -0.15) is 0 Å². The van der Waals surface area contributed by atoms with Crippen LogP contribution in [0.1, 0.15) is 15.9 Å². The zero-order valence-corrected chi connectivity index (χ0v) is 20.9. The molecule has 8 heteroatoms. The topological polar surface area (TPSA) is 87.1 Å². The van der Waals surface area contributed by atoms with Crippen molar-refractivity contribution in [3.8, 4) is 11.1 Å². The Bertz CT molecular complexity index is 1530. The lowest BCUT2D eigenvalue weighted by Gasteiger charge is -2.35. The number of aromatic nitrogens is 4. The Kier molecular flexibility index (Phi) is 6.70. The van der Waals surface area contributed by atoms with E-state index >= 15 is 0 Å². The molecule has 5 aromatic rings. The molecule has 1 aliphatic rings. The van der Waals surface area contributed by atoms with E-state index in [2.05, 4.69) is 48.3 Å². The quantitative estimate of drug-likeness (QED) is 0.362. The average molecular weight is 502 g/mol. The number of anilines is 2. The molecule has 3 aromatic heterocycles. The van der Waals surface area contributed by atoms with Gasteiger partial charge in [0.25, 0.3) is 5.91 Å². The molecular weight excluding hydrogens is 474 g/mol. The second-order valence-corrected chi connectivity index (χ2v) is 9.32. The van der Waals surface area contributed by atoms with Crippen LogP contribution in [0, 0.1) is 0 Å². The van der Waals surface area contributed by atoms with Crippen LogP contribution in [0.25, 0.3) is 22.2 Å². The minimum atomic E-state index is -0.161. The Hall–Kier alpha value is -4.69. The summed E-state index contributed by atoms with van der Waals surface area (Å²) in [6.07, 6.45) is 8.83. The number of hydrogen-bond donors (Lipinski definition) is 1. The number of nitrogens with one attached hydrogen (secondary N) is 1. The SMILES string of the molecule is O=C(Nc1ccc(-c2ccc3ncc(N4CCN(Cc5cccnc5)CC4)nc3c2)cc1)c1ccncc1. The van der Waals surface area contributed by atoms with Crippen molar-refractivity contribution in [3.63, 3.8) is 0 Å². The van der Waals surface area contributed by atoms with Crippen LogP contribution >= 0.6 is 0 Å². The van der Waals surface area contributed by atoms with E-state index in [0.717, 1.165) is 66.4 Å². The van der Waals surface area contributed by atoms with Crippen LogP contribution in [-0.2, 0) is 6.54 Å². The fourth-order valence-electron chi connectivity index (χ4n) is 4.67. The van der Waals surface area contributed by atoms with Crippen molar-refractivity contribution in [2.24, 2.45) is 0 Å². The first-order valence-corrected chi connectivity index (χ1v) is 12.7. The number of carbonyl (C=O) groups is 1. The van der Waals surface area contributed by atoms with E-state index in [0.29, 0.717) is 5.56 Å². The third kappa shape index (κ3) is 5.35. The number of pyridine rings is 2. The number of nitrogens with zero attached hydrogens (tertiary/aromatic N) is 6. The molecule has 0 saturated carbocycles.